The molecule has 0 fully saturated rings. The number of amides is 1. The van der Waals surface area contributed by atoms with Gasteiger partial charge in [-0.15, -0.1) is 0 Å². The molecule has 0 saturated carbocycles. The summed E-state index contributed by atoms with van der Waals surface area (Å²) in [5.41, 5.74) is 0.0447. The Bertz CT molecular complexity index is 409. The van der Waals surface area contributed by atoms with Crippen molar-refractivity contribution in [2.45, 2.75) is 45.8 Å². The number of nitrogens with one attached hydrogen (secondary N) is 1. The summed E-state index contributed by atoms with van der Waals surface area (Å²) < 4.78 is 8.98. The molecular formula is C12H18N2O3S. The standard InChI is InChI=1S/C12H18N2O3S/c1-8(14-11(16)17-12(2,3)4)5-10(15)9-6-13-18-7-9/h6-8H,5H2,1-4H3,(H,14,16)/t8-/m1/s1. The Hall–Kier alpha value is -1.43. The minimum absolute atomic E-state index is 0.0349. The van der Waals surface area contributed by atoms with Crippen LogP contribution >= 0.6 is 11.5 Å². The smallest absolute Gasteiger partial charge is 0.407 e. The molecule has 0 aromatic carbocycles. The fourth-order valence-electron chi connectivity index (χ4n) is 1.30. The number of hydrogen-bond acceptors (Lipinski definition) is 5. The van der Waals surface area contributed by atoms with E-state index in [4.69, 9.17) is 4.74 Å². The molecule has 0 saturated heterocycles. The molecule has 0 unspecified atom stereocenters. The lowest BCUT2D eigenvalue weighted by Gasteiger charge is -2.21. The summed E-state index contributed by atoms with van der Waals surface area (Å²) in [5.74, 6) is -0.0349. The molecule has 0 radical (unpaired) electrons. The van der Waals surface area contributed by atoms with Crippen molar-refractivity contribution in [1.29, 1.82) is 0 Å². The number of carbonyl (C=O) groups excluding carboxylic acids is 2. The van der Waals surface area contributed by atoms with Crippen LogP contribution in [0.3, 0.4) is 0 Å². The third kappa shape index (κ3) is 5.27. The zero-order valence-corrected chi connectivity index (χ0v) is 11.8. The van der Waals surface area contributed by atoms with Gasteiger partial charge in [-0.05, 0) is 39.2 Å². The first-order valence-electron chi connectivity index (χ1n) is 5.70. The first-order valence-corrected chi connectivity index (χ1v) is 6.53. The summed E-state index contributed by atoms with van der Waals surface area (Å²) in [7, 11) is 0. The van der Waals surface area contributed by atoms with Gasteiger partial charge < -0.3 is 10.1 Å². The molecule has 100 valence electrons. The number of aromatic nitrogens is 1. The second-order valence-corrected chi connectivity index (χ2v) is 5.75. The van der Waals surface area contributed by atoms with Gasteiger partial charge in [0.2, 0.25) is 0 Å². The van der Waals surface area contributed by atoms with Crippen LogP contribution in [0.2, 0.25) is 0 Å². The molecule has 1 heterocycles. The number of nitrogens with zero attached hydrogens (tertiary/aromatic N) is 1. The van der Waals surface area contributed by atoms with E-state index in [1.807, 2.05) is 0 Å². The molecule has 0 aliphatic heterocycles. The van der Waals surface area contributed by atoms with Gasteiger partial charge in [-0.3, -0.25) is 4.79 Å². The van der Waals surface area contributed by atoms with E-state index in [-0.39, 0.29) is 18.2 Å². The highest BCUT2D eigenvalue weighted by atomic mass is 32.1. The Labute approximate surface area is 111 Å². The monoisotopic (exact) mass is 270 g/mol. The molecule has 1 atom stereocenters. The number of carbonyl (C=O) groups is 2. The normalized spacial score (nSPS) is 12.9. The summed E-state index contributed by atoms with van der Waals surface area (Å²) in [6.07, 6.45) is 1.26. The van der Waals surface area contributed by atoms with Gasteiger partial charge in [0.05, 0.1) is 6.20 Å². The average Bonchev–Trinajstić information content (AvgIpc) is 2.65. The average molecular weight is 270 g/mol. The van der Waals surface area contributed by atoms with Gasteiger partial charge in [-0.1, -0.05) is 0 Å². The predicted octanol–water partition coefficient (Wildman–Crippen LogP) is 2.63. The molecule has 1 amide bonds. The summed E-state index contributed by atoms with van der Waals surface area (Å²) in [5, 5.41) is 4.33. The van der Waals surface area contributed by atoms with Crippen LogP contribution in [0.25, 0.3) is 0 Å². The summed E-state index contributed by atoms with van der Waals surface area (Å²) in [4.78, 5) is 23.2. The molecule has 6 heteroatoms. The van der Waals surface area contributed by atoms with Crippen LogP contribution in [0.1, 0.15) is 44.5 Å². The fourth-order valence-corrected chi connectivity index (χ4v) is 1.84. The van der Waals surface area contributed by atoms with Crippen molar-refractivity contribution in [3.05, 3.63) is 17.1 Å². The van der Waals surface area contributed by atoms with Gasteiger partial charge in [0.15, 0.2) is 5.78 Å². The molecular weight excluding hydrogens is 252 g/mol. The Balaban J connectivity index is 2.40. The highest BCUT2D eigenvalue weighted by Gasteiger charge is 2.19. The van der Waals surface area contributed by atoms with Crippen molar-refractivity contribution >= 4 is 23.4 Å². The summed E-state index contributed by atoms with van der Waals surface area (Å²) >= 11 is 1.23. The van der Waals surface area contributed by atoms with E-state index < -0.39 is 11.7 Å². The number of Topliss-reactive ketones (excluding diaryl/α,β-unsaturated/α-hetero) is 1. The molecule has 0 aliphatic rings. The predicted molar refractivity (Wildman–Crippen MR) is 69.9 cm³/mol. The van der Waals surface area contributed by atoms with Crippen molar-refractivity contribution in [2.75, 3.05) is 0 Å². The van der Waals surface area contributed by atoms with Crippen LogP contribution < -0.4 is 5.32 Å². The Morgan fingerprint density at radius 3 is 2.67 bits per heavy atom. The molecule has 18 heavy (non-hydrogen) atoms. The molecule has 0 bridgehead atoms. The molecule has 1 rings (SSSR count). The third-order valence-electron chi connectivity index (χ3n) is 2.01. The molecule has 1 aromatic heterocycles. The van der Waals surface area contributed by atoms with Crippen molar-refractivity contribution in [3.63, 3.8) is 0 Å². The van der Waals surface area contributed by atoms with Crippen LogP contribution in [-0.4, -0.2) is 27.9 Å². The first kappa shape index (κ1) is 14.6. The van der Waals surface area contributed by atoms with Crippen LogP contribution in [0.5, 0.6) is 0 Å². The van der Waals surface area contributed by atoms with Gasteiger partial charge in [-0.25, -0.2) is 9.17 Å². The van der Waals surface area contributed by atoms with Crippen LogP contribution in [-0.2, 0) is 4.74 Å². The minimum atomic E-state index is -0.537. The second-order valence-electron chi connectivity index (χ2n) is 5.09. The first-order chi connectivity index (χ1) is 8.28. The molecule has 5 nitrogen and oxygen atoms in total. The number of rotatable bonds is 4. The lowest BCUT2D eigenvalue weighted by atomic mass is 10.1. The van der Waals surface area contributed by atoms with E-state index in [0.717, 1.165) is 0 Å². The summed E-state index contributed by atoms with van der Waals surface area (Å²) in [6, 6.07) is -0.271. The van der Waals surface area contributed by atoms with Gasteiger partial charge in [0.1, 0.15) is 5.60 Å². The van der Waals surface area contributed by atoms with Crippen LogP contribution in [0.15, 0.2) is 11.6 Å². The van der Waals surface area contributed by atoms with Gasteiger partial charge in [0.25, 0.3) is 0 Å². The van der Waals surface area contributed by atoms with E-state index >= 15 is 0 Å². The Morgan fingerprint density at radius 1 is 1.50 bits per heavy atom. The molecule has 0 aliphatic carbocycles. The zero-order chi connectivity index (χ0) is 13.8. The van der Waals surface area contributed by atoms with Gasteiger partial charge >= 0.3 is 6.09 Å². The van der Waals surface area contributed by atoms with Gasteiger partial charge in [-0.2, -0.15) is 0 Å². The maximum atomic E-state index is 11.8. The SMILES string of the molecule is C[C@H](CC(=O)c1cnsc1)NC(=O)OC(C)(C)C. The van der Waals surface area contributed by atoms with Crippen molar-refractivity contribution in [1.82, 2.24) is 9.69 Å². The van der Waals surface area contributed by atoms with Crippen LogP contribution in [0, 0.1) is 0 Å². The molecule has 1 N–H and O–H groups in total. The number of hydrogen-bond donors (Lipinski definition) is 1. The number of ketones is 1. The zero-order valence-electron chi connectivity index (χ0n) is 11.0. The van der Waals surface area contributed by atoms with E-state index in [1.165, 1.54) is 17.7 Å². The lowest BCUT2D eigenvalue weighted by molar-refractivity contribution is 0.0506. The Morgan fingerprint density at radius 2 is 2.17 bits per heavy atom. The van der Waals surface area contributed by atoms with Crippen LogP contribution in [0.4, 0.5) is 4.79 Å². The van der Waals surface area contributed by atoms with Crippen molar-refractivity contribution in [2.24, 2.45) is 0 Å². The molecule has 1 aromatic rings. The highest BCUT2D eigenvalue weighted by Crippen LogP contribution is 2.09. The topological polar surface area (TPSA) is 68.3 Å². The quantitative estimate of drug-likeness (QED) is 0.854. The summed E-state index contributed by atoms with van der Waals surface area (Å²) in [6.45, 7) is 7.14. The van der Waals surface area contributed by atoms with E-state index in [9.17, 15) is 9.59 Å². The lowest BCUT2D eigenvalue weighted by Crippen LogP contribution is -2.38. The second kappa shape index (κ2) is 5.95. The largest absolute Gasteiger partial charge is 0.444 e. The molecule has 0 spiro atoms. The van der Waals surface area contributed by atoms with Crippen molar-refractivity contribution in [3.8, 4) is 0 Å². The fraction of sp³-hybridized carbons (Fsp3) is 0.583. The minimum Gasteiger partial charge on any atom is -0.444 e. The van der Waals surface area contributed by atoms with Gasteiger partial charge in [0, 0.05) is 23.4 Å². The Kier molecular flexibility index (Phi) is 4.84. The van der Waals surface area contributed by atoms with E-state index in [0.29, 0.717) is 5.56 Å². The van der Waals surface area contributed by atoms with E-state index in [2.05, 4.69) is 9.69 Å². The number of ether oxygens (including phenoxy) is 1. The highest BCUT2D eigenvalue weighted by molar-refractivity contribution is 7.03. The number of alkyl carbamates (subject to hydrolysis) is 1. The third-order valence-corrected chi connectivity index (χ3v) is 2.60. The van der Waals surface area contributed by atoms with Crippen molar-refractivity contribution < 1.29 is 14.3 Å². The maximum Gasteiger partial charge on any atom is 0.407 e. The maximum absolute atomic E-state index is 11.8. The van der Waals surface area contributed by atoms with E-state index in [1.54, 1.807) is 33.1 Å².